The lowest BCUT2D eigenvalue weighted by molar-refractivity contribution is -0.253. The average Bonchev–Trinajstić information content (AvgIpc) is 2.11. The maximum absolute atomic E-state index is 10.4. The van der Waals surface area contributed by atoms with Crippen molar-refractivity contribution in [1.82, 2.24) is 4.90 Å². The molecule has 0 aromatic heterocycles. The molecule has 8 nitrogen and oxygen atoms in total. The molecule has 0 amide bonds. The van der Waals surface area contributed by atoms with E-state index >= 15 is 0 Å². The molecule has 0 saturated heterocycles. The first kappa shape index (κ1) is 13.8. The van der Waals surface area contributed by atoms with E-state index in [9.17, 15) is 9.59 Å². The molecule has 88 valence electrons. The Morgan fingerprint density at radius 2 is 1.67 bits per heavy atom. The molecule has 0 aliphatic rings. The Morgan fingerprint density at radius 1 is 1.20 bits per heavy atom. The first-order valence-corrected chi connectivity index (χ1v) is 4.06. The van der Waals surface area contributed by atoms with Crippen LogP contribution in [0.15, 0.2) is 0 Å². The number of hydrogen-bond donors (Lipinski definition) is 4. The van der Waals surface area contributed by atoms with Crippen molar-refractivity contribution in [3.05, 3.63) is 0 Å². The van der Waals surface area contributed by atoms with Crippen molar-refractivity contribution in [2.24, 2.45) is 0 Å². The van der Waals surface area contributed by atoms with E-state index < -0.39 is 37.7 Å². The largest absolute Gasteiger partial charge is 0.480 e. The molecule has 0 radical (unpaired) electrons. The lowest BCUT2D eigenvalue weighted by Crippen LogP contribution is -2.46. The Morgan fingerprint density at radius 3 is 1.93 bits per heavy atom. The molecule has 4 N–H and O–H groups in total. The fraction of sp³-hybridized carbons (Fsp3) is 0.714. The van der Waals surface area contributed by atoms with E-state index in [1.165, 1.54) is 0 Å². The normalized spacial score (nSPS) is 12.7. The van der Waals surface area contributed by atoms with Crippen molar-refractivity contribution in [3.8, 4) is 0 Å². The second-order valence-electron chi connectivity index (χ2n) is 2.82. The highest BCUT2D eigenvalue weighted by Gasteiger charge is 2.22. The Bertz CT molecular complexity index is 203. The number of nitrogens with zero attached hydrogens (tertiary/aromatic N) is 1. The monoisotopic (exact) mass is 223 g/mol. The quantitative estimate of drug-likeness (QED) is 0.283. The van der Waals surface area contributed by atoms with Crippen LogP contribution < -0.4 is 0 Å². The average molecular weight is 223 g/mol. The third-order valence-corrected chi connectivity index (χ3v) is 1.67. The summed E-state index contributed by atoms with van der Waals surface area (Å²) in [7, 11) is 0. The van der Waals surface area contributed by atoms with Crippen LogP contribution in [-0.4, -0.2) is 69.8 Å². The smallest absolute Gasteiger partial charge is 0.317 e. The van der Waals surface area contributed by atoms with Crippen LogP contribution in [0.5, 0.6) is 0 Å². The van der Waals surface area contributed by atoms with Crippen molar-refractivity contribution in [2.75, 3.05) is 26.3 Å². The van der Waals surface area contributed by atoms with Gasteiger partial charge >= 0.3 is 11.9 Å². The van der Waals surface area contributed by atoms with E-state index in [2.05, 4.69) is 4.89 Å². The number of rotatable bonds is 8. The first-order valence-electron chi connectivity index (χ1n) is 4.06. The number of carboxylic acid groups (broad SMARTS) is 2. The predicted octanol–water partition coefficient (Wildman–Crippen LogP) is -1.69. The molecule has 0 spiro atoms. The molecule has 0 aromatic carbocycles. The van der Waals surface area contributed by atoms with E-state index in [0.717, 1.165) is 4.90 Å². The van der Waals surface area contributed by atoms with Gasteiger partial charge < -0.3 is 15.3 Å². The zero-order chi connectivity index (χ0) is 11.8. The molecule has 8 heteroatoms. The molecule has 0 heterocycles. The first-order chi connectivity index (χ1) is 7.01. The van der Waals surface area contributed by atoms with E-state index in [-0.39, 0.29) is 6.61 Å². The molecule has 15 heavy (non-hydrogen) atoms. The number of aliphatic hydroxyl groups excluding tert-OH is 1. The third kappa shape index (κ3) is 5.96. The minimum atomic E-state index is -1.23. The van der Waals surface area contributed by atoms with Crippen LogP contribution in [0.2, 0.25) is 0 Å². The van der Waals surface area contributed by atoms with E-state index in [4.69, 9.17) is 20.6 Å². The summed E-state index contributed by atoms with van der Waals surface area (Å²) < 4.78 is 0. The van der Waals surface area contributed by atoms with Crippen molar-refractivity contribution in [2.45, 2.75) is 6.04 Å². The molecule has 0 fully saturated rings. The number of aliphatic hydroxyl groups is 1. The summed E-state index contributed by atoms with van der Waals surface area (Å²) >= 11 is 0. The van der Waals surface area contributed by atoms with Gasteiger partial charge in [-0.3, -0.25) is 19.7 Å². The van der Waals surface area contributed by atoms with E-state index in [1.807, 2.05) is 0 Å². The molecule has 0 rings (SSSR count). The maximum atomic E-state index is 10.4. The highest BCUT2D eigenvalue weighted by Crippen LogP contribution is 1.99. The van der Waals surface area contributed by atoms with E-state index in [1.54, 1.807) is 0 Å². The van der Waals surface area contributed by atoms with Gasteiger partial charge in [0.2, 0.25) is 0 Å². The Balaban J connectivity index is 4.41. The summed E-state index contributed by atoms with van der Waals surface area (Å²) in [5, 5.41) is 34.0. The van der Waals surface area contributed by atoms with Crippen molar-refractivity contribution in [3.63, 3.8) is 0 Å². The standard InChI is InChI=1S/C7H13NO7/c9-3-5(4-15-14)8(1-6(10)11)2-7(12)13/h5,9,14H,1-4H2,(H,10,11)(H,12,13). The maximum Gasteiger partial charge on any atom is 0.317 e. The molecule has 1 atom stereocenters. The van der Waals surface area contributed by atoms with Gasteiger partial charge in [0.25, 0.3) is 0 Å². The van der Waals surface area contributed by atoms with Crippen LogP contribution in [0.25, 0.3) is 0 Å². The van der Waals surface area contributed by atoms with Crippen molar-refractivity contribution < 1.29 is 35.1 Å². The molecule has 0 aliphatic carbocycles. The topological polar surface area (TPSA) is 128 Å². The lowest BCUT2D eigenvalue weighted by Gasteiger charge is -2.25. The molecule has 1 unspecified atom stereocenters. The van der Waals surface area contributed by atoms with Crippen LogP contribution in [0.1, 0.15) is 0 Å². The van der Waals surface area contributed by atoms with Gasteiger partial charge in [-0.25, -0.2) is 4.89 Å². The van der Waals surface area contributed by atoms with Gasteiger partial charge in [-0.1, -0.05) is 0 Å². The van der Waals surface area contributed by atoms with Crippen LogP contribution in [0.3, 0.4) is 0 Å². The Kier molecular flexibility index (Phi) is 6.54. The van der Waals surface area contributed by atoms with Crippen LogP contribution in [-0.2, 0) is 14.5 Å². The summed E-state index contributed by atoms with van der Waals surface area (Å²) in [5.41, 5.74) is 0. The van der Waals surface area contributed by atoms with Gasteiger partial charge in [0, 0.05) is 0 Å². The zero-order valence-corrected chi connectivity index (χ0v) is 7.87. The van der Waals surface area contributed by atoms with Crippen molar-refractivity contribution >= 4 is 11.9 Å². The third-order valence-electron chi connectivity index (χ3n) is 1.67. The highest BCUT2D eigenvalue weighted by molar-refractivity contribution is 5.72. The van der Waals surface area contributed by atoms with Crippen molar-refractivity contribution in [1.29, 1.82) is 0 Å². The molecular formula is C7H13NO7. The summed E-state index contributed by atoms with van der Waals surface area (Å²) in [5.74, 6) is -2.46. The van der Waals surface area contributed by atoms with E-state index in [0.29, 0.717) is 0 Å². The molecule has 0 aromatic rings. The van der Waals surface area contributed by atoms with Crippen LogP contribution in [0, 0.1) is 0 Å². The van der Waals surface area contributed by atoms with Gasteiger partial charge in [0.05, 0.1) is 32.3 Å². The van der Waals surface area contributed by atoms with Gasteiger partial charge in [0.15, 0.2) is 0 Å². The highest BCUT2D eigenvalue weighted by atomic mass is 17.1. The molecule has 0 bridgehead atoms. The fourth-order valence-electron chi connectivity index (χ4n) is 1.02. The molecule has 0 saturated carbocycles. The number of carboxylic acids is 2. The van der Waals surface area contributed by atoms with Gasteiger partial charge in [-0.2, -0.15) is 0 Å². The second kappa shape index (κ2) is 7.12. The summed E-state index contributed by atoms with van der Waals surface area (Å²) in [6.07, 6.45) is 0. The number of carbonyl (C=O) groups is 2. The zero-order valence-electron chi connectivity index (χ0n) is 7.87. The van der Waals surface area contributed by atoms with Gasteiger partial charge in [-0.05, 0) is 0 Å². The van der Waals surface area contributed by atoms with Gasteiger partial charge in [0.1, 0.15) is 0 Å². The Labute approximate surface area is 85.2 Å². The Hall–Kier alpha value is -1.22. The lowest BCUT2D eigenvalue weighted by atomic mass is 10.2. The minimum absolute atomic E-state index is 0.364. The van der Waals surface area contributed by atoms with Crippen LogP contribution in [0.4, 0.5) is 0 Å². The van der Waals surface area contributed by atoms with Crippen LogP contribution >= 0.6 is 0 Å². The van der Waals surface area contributed by atoms with Gasteiger partial charge in [-0.15, -0.1) is 0 Å². The fourth-order valence-corrected chi connectivity index (χ4v) is 1.02. The summed E-state index contributed by atoms with van der Waals surface area (Å²) in [4.78, 5) is 25.5. The predicted molar refractivity (Wildman–Crippen MR) is 46.3 cm³/mol. The number of hydrogen-bond acceptors (Lipinski definition) is 6. The summed E-state index contributed by atoms with van der Waals surface area (Å²) in [6, 6.07) is -0.873. The minimum Gasteiger partial charge on any atom is -0.480 e. The SMILES string of the molecule is O=C(O)CN(CC(=O)O)C(CO)COO. The molecular weight excluding hydrogens is 210 g/mol. The molecule has 0 aliphatic heterocycles. The summed E-state index contributed by atoms with van der Waals surface area (Å²) in [6.45, 7) is -1.99. The second-order valence-corrected chi connectivity index (χ2v) is 2.82. The number of aliphatic carboxylic acids is 2.